The number of fused-ring (bicyclic) bond motifs is 2. The van der Waals surface area contributed by atoms with Crippen molar-refractivity contribution in [2.24, 2.45) is 96.9 Å². The molecule has 2 aromatic heterocycles. The second-order valence-electron chi connectivity index (χ2n) is 33.1. The van der Waals surface area contributed by atoms with Gasteiger partial charge < -0.3 is 29.7 Å². The Balaban J connectivity index is 0.000000409. The van der Waals surface area contributed by atoms with Gasteiger partial charge in [-0.2, -0.15) is 9.13 Å². The van der Waals surface area contributed by atoms with E-state index >= 15 is 8.78 Å². The minimum atomic E-state index is -0.553. The van der Waals surface area contributed by atoms with E-state index < -0.39 is 23.3 Å². The Morgan fingerprint density at radius 2 is 0.686 bits per heavy atom. The second-order valence-corrected chi connectivity index (χ2v) is 33.1. The third kappa shape index (κ3) is 17.8. The molecule has 4 nitrogen and oxygen atoms in total. The molecule has 0 saturated heterocycles. The molecule has 10 heteroatoms. The first-order chi connectivity index (χ1) is 45.1. The van der Waals surface area contributed by atoms with Crippen LogP contribution in [0.5, 0.6) is 0 Å². The molecule has 4 fully saturated rings. The van der Waals surface area contributed by atoms with Crippen molar-refractivity contribution >= 4 is 22.1 Å². The predicted molar refractivity (Wildman–Crippen MR) is 423 cm³/mol. The number of benzene rings is 6. The van der Waals surface area contributed by atoms with Gasteiger partial charge in [-0.1, -0.05) is 214 Å². The number of aryl methyl sites for hydroxylation is 4. The Morgan fingerprint density at radius 1 is 0.373 bits per heavy atom. The molecule has 564 valence electrons. The molecule has 0 spiro atoms. The average Bonchev–Trinajstić information content (AvgIpc) is 1.57. The Hall–Kier alpha value is -4.75. The van der Waals surface area contributed by atoms with E-state index in [-0.39, 0.29) is 93.0 Å². The maximum Gasteiger partial charge on any atom is 2.00 e. The van der Waals surface area contributed by atoms with E-state index in [0.29, 0.717) is 75.5 Å². The zero-order valence-electron chi connectivity index (χ0n) is 68.6. The summed E-state index contributed by atoms with van der Waals surface area (Å²) in [6.45, 7) is 55.2. The normalized spacial score (nSPS) is 25.7. The number of halogens is 4. The fourth-order valence-electron chi connectivity index (χ4n) is 18.2. The average molecular weight is 1750 g/mol. The number of imidazole rings is 2. The molecule has 4 saturated carbocycles. The van der Waals surface area contributed by atoms with Crippen LogP contribution in [0.2, 0.25) is 0 Å². The number of para-hydroxylation sites is 4. The van der Waals surface area contributed by atoms with Gasteiger partial charge in [-0.3, -0.25) is 0 Å². The van der Waals surface area contributed by atoms with E-state index in [0.717, 1.165) is 98.6 Å². The molecule has 0 N–H and O–H groups in total. The Morgan fingerprint density at radius 3 is 0.961 bits per heavy atom. The second kappa shape index (κ2) is 37.2. The van der Waals surface area contributed by atoms with Gasteiger partial charge in [0.25, 0.3) is 11.6 Å². The summed E-state index contributed by atoms with van der Waals surface area (Å²) in [7, 11) is 3.97. The topological polar surface area (TPSA) is 17.6 Å². The predicted octanol–water partition coefficient (Wildman–Crippen LogP) is 26.4. The van der Waals surface area contributed by atoms with Crippen LogP contribution in [0.3, 0.4) is 0 Å². The number of nitrogens with zero attached hydrogens (tertiary/aromatic N) is 4. The van der Waals surface area contributed by atoms with Gasteiger partial charge >= 0.3 is 39.6 Å². The van der Waals surface area contributed by atoms with Crippen LogP contribution >= 0.6 is 0 Å². The van der Waals surface area contributed by atoms with Crippen LogP contribution < -0.4 is 9.13 Å². The van der Waals surface area contributed by atoms with Crippen LogP contribution in [0, 0.1) is 150 Å². The number of rotatable bonds is 10. The molecule has 0 bridgehead atoms. The van der Waals surface area contributed by atoms with Gasteiger partial charge in [0.15, 0.2) is 22.1 Å². The minimum Gasteiger partial charge on any atom is -0.358 e. The van der Waals surface area contributed by atoms with Gasteiger partial charge in [-0.15, -0.1) is 0 Å². The SMILES string of the molecule is CC1CC(C)C(C)C1C.CC1CCC(C)C1C.Cc1cc(F)cc(F)c1-c1n(-c2c(C(C)C)cc(C3C(C)C(C)C(C)C3C)cc2C(C)C)c2ccccc2[n+]1C.Cc1cc(F)cc(F)c1-c1n(-c2c(C(C)C)cc(C3CC(C)C(C)C3C)cc2C(C)C)c2ccccc2[n+]1C.[CH3-].[CH3-].[CH3-].[CH3-].[Os+2].[Os+2]. The molecule has 4 aliphatic rings. The largest absolute Gasteiger partial charge is 2.00 e. The monoisotopic (exact) mass is 1750 g/mol. The Bertz CT molecular complexity index is 3920. The molecule has 0 aliphatic heterocycles. The molecule has 0 amide bonds. The molecule has 14 unspecified atom stereocenters. The molecular formula is C92H134F4N4Os2+2. The van der Waals surface area contributed by atoms with E-state index in [1.807, 2.05) is 38.4 Å². The van der Waals surface area contributed by atoms with Gasteiger partial charge in [0.1, 0.15) is 45.8 Å². The Labute approximate surface area is 646 Å². The standard InChI is InChI=1S/C36H45F2N2.C35H43F2N2.C9H18.C8H16.4CH3.2Os/c1-19(2)28-16-26(34-24(8)22(6)23(7)25(34)9)17-29(20(3)4)35(28)40-32-14-12-11-13-31(32)39(10)36(40)33-21(5)15-27(37)18-30(33)38;1-19(2)27-16-25(29-15-21(5)23(7)24(29)8)17-28(20(3)4)34(27)39-32-13-11-10-12-31(32)38(9)35(39)33-22(6)14-26(36)18-30(33)37;1-6-5-7(2)9(4)8(6)3;1-6-4-5-7(2)8(6)3;;;;;;/h11-20,22-25,34H,1-10H3;10-14,16-21,23-24,29H,15H2,1-9H3;6-9H,5H2,1-4H3;6-8H,4-5H2,1-3H3;4*1H3;;/q2*+1;;;4*-1;2*+2. The molecular weight excluding hydrogens is 1620 g/mol. The quantitative estimate of drug-likeness (QED) is 0.0738. The van der Waals surface area contributed by atoms with E-state index in [1.54, 1.807) is 13.8 Å². The van der Waals surface area contributed by atoms with Crippen molar-refractivity contribution in [3.63, 3.8) is 0 Å². The van der Waals surface area contributed by atoms with Crippen LogP contribution in [-0.4, -0.2) is 9.13 Å². The van der Waals surface area contributed by atoms with Crippen molar-refractivity contribution in [2.75, 3.05) is 0 Å². The third-order valence-electron chi connectivity index (χ3n) is 26.0. The zero-order valence-corrected chi connectivity index (χ0v) is 73.7. The van der Waals surface area contributed by atoms with Gasteiger partial charge in [0.05, 0.1) is 14.1 Å². The fourth-order valence-corrected chi connectivity index (χ4v) is 18.2. The van der Waals surface area contributed by atoms with E-state index in [9.17, 15) is 8.78 Å². The minimum absolute atomic E-state index is 0. The first kappa shape index (κ1) is 91.5. The van der Waals surface area contributed by atoms with Gasteiger partial charge in [0.2, 0.25) is 0 Å². The third-order valence-corrected chi connectivity index (χ3v) is 26.0. The molecule has 8 aromatic rings. The van der Waals surface area contributed by atoms with Crippen LogP contribution in [0.15, 0.2) is 97.1 Å². The molecule has 14 atom stereocenters. The smallest absolute Gasteiger partial charge is 0.358 e. The molecule has 6 aromatic carbocycles. The first-order valence-corrected chi connectivity index (χ1v) is 37.4. The molecule has 102 heavy (non-hydrogen) atoms. The maximum atomic E-state index is 15.7. The molecule has 12 rings (SSSR count). The van der Waals surface area contributed by atoms with E-state index in [4.69, 9.17) is 0 Å². The molecule has 0 radical (unpaired) electrons. The van der Waals surface area contributed by atoms with Gasteiger partial charge in [-0.05, 0) is 204 Å². The zero-order chi connectivity index (χ0) is 70.7. The summed E-state index contributed by atoms with van der Waals surface area (Å²) in [5.74, 6) is 12.8. The van der Waals surface area contributed by atoms with Crippen molar-refractivity contribution < 1.29 is 66.3 Å². The molecule has 2 heterocycles. The summed E-state index contributed by atoms with van der Waals surface area (Å²) >= 11 is 0. The molecule has 4 aliphatic carbocycles. The maximum absolute atomic E-state index is 15.7. The first-order valence-electron chi connectivity index (χ1n) is 37.4. The van der Waals surface area contributed by atoms with Crippen LogP contribution in [0.1, 0.15) is 258 Å². The number of aromatic nitrogens is 4. The number of hydrogen-bond acceptors (Lipinski definition) is 0. The van der Waals surface area contributed by atoms with Crippen molar-refractivity contribution in [1.29, 1.82) is 0 Å². The summed E-state index contributed by atoms with van der Waals surface area (Å²) < 4.78 is 68.4. The van der Waals surface area contributed by atoms with E-state index in [2.05, 4.69) is 219 Å². The van der Waals surface area contributed by atoms with Crippen molar-refractivity contribution in [2.45, 2.75) is 227 Å². The van der Waals surface area contributed by atoms with Crippen LogP contribution in [-0.2, 0) is 53.7 Å². The van der Waals surface area contributed by atoms with Crippen molar-refractivity contribution in [3.05, 3.63) is 195 Å². The van der Waals surface area contributed by atoms with Crippen LogP contribution in [0.25, 0.3) is 56.2 Å². The van der Waals surface area contributed by atoms with Crippen LogP contribution in [0.4, 0.5) is 17.6 Å². The van der Waals surface area contributed by atoms with Crippen molar-refractivity contribution in [3.8, 4) is 34.2 Å². The Kier molecular flexibility index (Phi) is 33.3. The summed E-state index contributed by atoms with van der Waals surface area (Å²) in [4.78, 5) is 0. The summed E-state index contributed by atoms with van der Waals surface area (Å²) in [6.07, 6.45) is 5.58. The van der Waals surface area contributed by atoms with Gasteiger partial charge in [0, 0.05) is 34.4 Å². The van der Waals surface area contributed by atoms with Crippen molar-refractivity contribution in [1.82, 2.24) is 9.13 Å². The van der Waals surface area contributed by atoms with Gasteiger partial charge in [-0.25, -0.2) is 26.7 Å². The summed E-state index contributed by atoms with van der Waals surface area (Å²) in [5.41, 5.74) is 16.3. The summed E-state index contributed by atoms with van der Waals surface area (Å²) in [5, 5.41) is 0. The van der Waals surface area contributed by atoms with E-state index in [1.165, 1.54) is 71.2 Å². The fraction of sp³-hybridized carbons (Fsp3) is 0.543. The number of hydrogen-bond donors (Lipinski definition) is 0. The summed E-state index contributed by atoms with van der Waals surface area (Å²) in [6, 6.07) is 31.1.